The molecule has 1 heterocycles. The highest BCUT2D eigenvalue weighted by Gasteiger charge is 2.06. The molecular formula is C12H10N2S. The van der Waals surface area contributed by atoms with Crippen molar-refractivity contribution in [1.29, 1.82) is 5.26 Å². The number of benzene rings is 1. The molecule has 1 aromatic heterocycles. The van der Waals surface area contributed by atoms with Gasteiger partial charge < -0.3 is 0 Å². The van der Waals surface area contributed by atoms with E-state index in [1.807, 2.05) is 6.07 Å². The Morgan fingerprint density at radius 1 is 1.33 bits per heavy atom. The summed E-state index contributed by atoms with van der Waals surface area (Å²) in [6.07, 6.45) is 0. The Morgan fingerprint density at radius 3 is 2.73 bits per heavy atom. The Kier molecular flexibility index (Phi) is 2.53. The van der Waals surface area contributed by atoms with Crippen LogP contribution in [0.25, 0.3) is 10.6 Å². The summed E-state index contributed by atoms with van der Waals surface area (Å²) >= 11 is 1.51. The molecule has 3 heteroatoms. The van der Waals surface area contributed by atoms with Gasteiger partial charge in [0, 0.05) is 10.9 Å². The van der Waals surface area contributed by atoms with Crippen molar-refractivity contribution in [2.75, 3.05) is 0 Å². The molecule has 15 heavy (non-hydrogen) atoms. The van der Waals surface area contributed by atoms with Gasteiger partial charge in [0.05, 0.1) is 0 Å². The summed E-state index contributed by atoms with van der Waals surface area (Å²) in [5.41, 5.74) is 4.06. The van der Waals surface area contributed by atoms with Crippen molar-refractivity contribution in [3.63, 3.8) is 0 Å². The maximum Gasteiger partial charge on any atom is 0.152 e. The average molecular weight is 214 g/mol. The minimum absolute atomic E-state index is 0.495. The van der Waals surface area contributed by atoms with Crippen LogP contribution in [0, 0.1) is 25.2 Å². The van der Waals surface area contributed by atoms with Gasteiger partial charge in [-0.25, -0.2) is 4.98 Å². The first kappa shape index (κ1) is 9.88. The zero-order valence-electron chi connectivity index (χ0n) is 8.61. The van der Waals surface area contributed by atoms with Crippen LogP contribution >= 0.6 is 11.3 Å². The van der Waals surface area contributed by atoms with Crippen molar-refractivity contribution in [1.82, 2.24) is 4.98 Å². The first-order valence-corrected chi connectivity index (χ1v) is 5.52. The Morgan fingerprint density at radius 2 is 2.13 bits per heavy atom. The van der Waals surface area contributed by atoms with Crippen molar-refractivity contribution < 1.29 is 0 Å². The van der Waals surface area contributed by atoms with Crippen molar-refractivity contribution in [3.8, 4) is 16.6 Å². The Balaban J connectivity index is 2.50. The van der Waals surface area contributed by atoms with Crippen molar-refractivity contribution in [2.45, 2.75) is 13.8 Å². The molecule has 0 spiro atoms. The zero-order chi connectivity index (χ0) is 10.8. The van der Waals surface area contributed by atoms with E-state index in [1.165, 1.54) is 22.5 Å². The van der Waals surface area contributed by atoms with Gasteiger partial charge in [0.25, 0.3) is 0 Å². The molecule has 0 saturated carbocycles. The molecule has 0 radical (unpaired) electrons. The number of rotatable bonds is 1. The second-order valence-electron chi connectivity index (χ2n) is 3.47. The molecule has 2 aromatic rings. The number of thiazole rings is 1. The molecule has 0 aliphatic heterocycles. The van der Waals surface area contributed by atoms with E-state index in [0.29, 0.717) is 5.69 Å². The summed E-state index contributed by atoms with van der Waals surface area (Å²) < 4.78 is 0. The number of nitriles is 1. The second kappa shape index (κ2) is 3.84. The molecule has 2 rings (SSSR count). The fourth-order valence-corrected chi connectivity index (χ4v) is 2.34. The van der Waals surface area contributed by atoms with Gasteiger partial charge >= 0.3 is 0 Å². The van der Waals surface area contributed by atoms with Gasteiger partial charge in [-0.3, -0.25) is 0 Å². The second-order valence-corrected chi connectivity index (χ2v) is 4.33. The quantitative estimate of drug-likeness (QED) is 0.730. The van der Waals surface area contributed by atoms with Crippen LogP contribution in [-0.2, 0) is 0 Å². The fourth-order valence-electron chi connectivity index (χ4n) is 1.50. The third-order valence-electron chi connectivity index (χ3n) is 2.23. The van der Waals surface area contributed by atoms with Crippen LogP contribution < -0.4 is 0 Å². The molecular weight excluding hydrogens is 204 g/mol. The highest BCUT2D eigenvalue weighted by molar-refractivity contribution is 7.13. The van der Waals surface area contributed by atoms with E-state index in [0.717, 1.165) is 10.6 Å². The van der Waals surface area contributed by atoms with Gasteiger partial charge in [0.2, 0.25) is 0 Å². The summed E-state index contributed by atoms with van der Waals surface area (Å²) in [7, 11) is 0. The van der Waals surface area contributed by atoms with Crippen molar-refractivity contribution >= 4 is 11.3 Å². The standard InChI is InChI=1S/C12H10N2S/c1-8-3-4-11(9(2)5-8)12-14-10(6-13)7-15-12/h3-5,7H,1-2H3. The molecule has 0 bridgehead atoms. The molecule has 0 unspecified atom stereocenters. The first-order chi connectivity index (χ1) is 7.20. The Bertz CT molecular complexity index is 535. The third-order valence-corrected chi connectivity index (χ3v) is 3.11. The van der Waals surface area contributed by atoms with Gasteiger partial charge in [-0.05, 0) is 19.4 Å². The predicted octanol–water partition coefficient (Wildman–Crippen LogP) is 3.30. The molecule has 74 valence electrons. The number of aromatic nitrogens is 1. The van der Waals surface area contributed by atoms with E-state index in [2.05, 4.69) is 37.0 Å². The van der Waals surface area contributed by atoms with Crippen LogP contribution in [0.15, 0.2) is 23.6 Å². The van der Waals surface area contributed by atoms with E-state index in [4.69, 9.17) is 5.26 Å². The molecule has 0 N–H and O–H groups in total. The predicted molar refractivity (Wildman–Crippen MR) is 61.7 cm³/mol. The van der Waals surface area contributed by atoms with E-state index in [9.17, 15) is 0 Å². The van der Waals surface area contributed by atoms with E-state index < -0.39 is 0 Å². The molecule has 0 aliphatic carbocycles. The topological polar surface area (TPSA) is 36.7 Å². The van der Waals surface area contributed by atoms with Crippen molar-refractivity contribution in [3.05, 3.63) is 40.4 Å². The lowest BCUT2D eigenvalue weighted by molar-refractivity contribution is 1.31. The number of nitrogens with zero attached hydrogens (tertiary/aromatic N) is 2. The summed E-state index contributed by atoms with van der Waals surface area (Å²) in [6, 6.07) is 8.30. The van der Waals surface area contributed by atoms with Crippen LogP contribution in [0.2, 0.25) is 0 Å². The molecule has 0 fully saturated rings. The normalized spacial score (nSPS) is 9.93. The lowest BCUT2D eigenvalue weighted by Crippen LogP contribution is -1.84. The molecule has 2 nitrogen and oxygen atoms in total. The number of hydrogen-bond donors (Lipinski definition) is 0. The fraction of sp³-hybridized carbons (Fsp3) is 0.167. The monoisotopic (exact) mass is 214 g/mol. The van der Waals surface area contributed by atoms with E-state index in [1.54, 1.807) is 5.38 Å². The highest BCUT2D eigenvalue weighted by atomic mass is 32.1. The zero-order valence-corrected chi connectivity index (χ0v) is 9.43. The maximum absolute atomic E-state index is 8.71. The first-order valence-electron chi connectivity index (χ1n) is 4.64. The number of aryl methyl sites for hydroxylation is 2. The van der Waals surface area contributed by atoms with Gasteiger partial charge in [0.1, 0.15) is 11.1 Å². The summed E-state index contributed by atoms with van der Waals surface area (Å²) in [6.45, 7) is 4.13. The summed E-state index contributed by atoms with van der Waals surface area (Å²) in [4.78, 5) is 4.25. The summed E-state index contributed by atoms with van der Waals surface area (Å²) in [5.74, 6) is 0. The molecule has 1 aromatic carbocycles. The van der Waals surface area contributed by atoms with E-state index in [-0.39, 0.29) is 0 Å². The van der Waals surface area contributed by atoms with Crippen LogP contribution in [-0.4, -0.2) is 4.98 Å². The molecule has 0 amide bonds. The maximum atomic E-state index is 8.71. The molecule has 0 saturated heterocycles. The van der Waals surface area contributed by atoms with E-state index >= 15 is 0 Å². The highest BCUT2D eigenvalue weighted by Crippen LogP contribution is 2.27. The van der Waals surface area contributed by atoms with Gasteiger partial charge in [-0.2, -0.15) is 5.26 Å². The van der Waals surface area contributed by atoms with Crippen LogP contribution in [0.3, 0.4) is 0 Å². The Labute approximate surface area is 92.8 Å². The smallest absolute Gasteiger partial charge is 0.152 e. The number of hydrogen-bond acceptors (Lipinski definition) is 3. The van der Waals surface area contributed by atoms with Crippen LogP contribution in [0.4, 0.5) is 0 Å². The van der Waals surface area contributed by atoms with Crippen LogP contribution in [0.1, 0.15) is 16.8 Å². The lowest BCUT2D eigenvalue weighted by atomic mass is 10.1. The largest absolute Gasteiger partial charge is 0.225 e. The molecule has 0 atom stereocenters. The lowest BCUT2D eigenvalue weighted by Gasteiger charge is -2.02. The minimum Gasteiger partial charge on any atom is -0.225 e. The van der Waals surface area contributed by atoms with Gasteiger partial charge in [0.15, 0.2) is 5.69 Å². The third kappa shape index (κ3) is 1.90. The van der Waals surface area contributed by atoms with Crippen LogP contribution in [0.5, 0.6) is 0 Å². The minimum atomic E-state index is 0.495. The average Bonchev–Trinajstić information content (AvgIpc) is 2.66. The van der Waals surface area contributed by atoms with Gasteiger partial charge in [-0.1, -0.05) is 23.8 Å². The van der Waals surface area contributed by atoms with Gasteiger partial charge in [-0.15, -0.1) is 11.3 Å². The summed E-state index contributed by atoms with van der Waals surface area (Å²) in [5, 5.41) is 11.4. The molecule has 0 aliphatic rings. The van der Waals surface area contributed by atoms with Crippen molar-refractivity contribution in [2.24, 2.45) is 0 Å². The Hall–Kier alpha value is -1.66. The SMILES string of the molecule is Cc1ccc(-c2nc(C#N)cs2)c(C)c1.